The van der Waals surface area contributed by atoms with E-state index in [4.69, 9.17) is 0 Å². The largest absolute Gasteiger partial charge is 0.371 e. The molecule has 2 heterocycles. The number of aryl methyl sites for hydroxylation is 2. The molecule has 1 aliphatic rings. The van der Waals surface area contributed by atoms with Crippen molar-refractivity contribution in [3.8, 4) is 0 Å². The number of thioether (sulfide) groups is 1. The molecule has 3 rings (SSSR count). The van der Waals surface area contributed by atoms with Gasteiger partial charge in [0.15, 0.2) is 5.16 Å². The van der Waals surface area contributed by atoms with Gasteiger partial charge in [-0.2, -0.15) is 0 Å². The fraction of sp³-hybridized carbons (Fsp3) is 0.474. The zero-order valence-electron chi connectivity index (χ0n) is 14.9. The van der Waals surface area contributed by atoms with Crippen molar-refractivity contribution in [3.63, 3.8) is 0 Å². The monoisotopic (exact) mass is 358 g/mol. The van der Waals surface area contributed by atoms with Crippen molar-refractivity contribution in [3.05, 3.63) is 42.2 Å². The van der Waals surface area contributed by atoms with Crippen LogP contribution in [0.25, 0.3) is 0 Å². The van der Waals surface area contributed by atoms with Gasteiger partial charge < -0.3 is 14.8 Å². The molecule has 1 N–H and O–H groups in total. The van der Waals surface area contributed by atoms with Gasteiger partial charge in [0.05, 0.1) is 5.75 Å². The maximum atomic E-state index is 12.2. The van der Waals surface area contributed by atoms with Crippen LogP contribution in [0.15, 0.2) is 41.8 Å². The van der Waals surface area contributed by atoms with E-state index in [1.807, 2.05) is 17.8 Å². The van der Waals surface area contributed by atoms with Crippen LogP contribution in [-0.2, 0) is 18.3 Å². The third-order valence-corrected chi connectivity index (χ3v) is 5.71. The second-order valence-electron chi connectivity index (χ2n) is 6.46. The summed E-state index contributed by atoms with van der Waals surface area (Å²) in [5.41, 5.74) is 2.67. The third-order valence-electron chi connectivity index (χ3n) is 4.65. The number of aromatic nitrogens is 2. The minimum Gasteiger partial charge on any atom is -0.371 e. The molecule has 2 aromatic rings. The number of nitrogens with one attached hydrogen (secondary N) is 1. The Morgan fingerprint density at radius 1 is 1.36 bits per heavy atom. The number of imidazole rings is 1. The number of nitrogens with zero attached hydrogens (tertiary/aromatic N) is 3. The summed E-state index contributed by atoms with van der Waals surface area (Å²) >= 11 is 1.48. The van der Waals surface area contributed by atoms with E-state index in [1.165, 1.54) is 23.0 Å². The molecule has 134 valence electrons. The number of carbonyl (C=O) groups is 1. The van der Waals surface area contributed by atoms with Gasteiger partial charge in [0.1, 0.15) is 0 Å². The van der Waals surface area contributed by atoms with Crippen molar-refractivity contribution in [1.29, 1.82) is 0 Å². The molecular formula is C19H26N4OS. The molecule has 1 amide bonds. The summed E-state index contributed by atoms with van der Waals surface area (Å²) in [7, 11) is 1.94. The molecule has 1 fully saturated rings. The smallest absolute Gasteiger partial charge is 0.230 e. The van der Waals surface area contributed by atoms with E-state index in [1.54, 1.807) is 6.20 Å². The summed E-state index contributed by atoms with van der Waals surface area (Å²) in [5.74, 6) is 0.517. The van der Waals surface area contributed by atoms with Gasteiger partial charge in [-0.1, -0.05) is 30.8 Å². The van der Waals surface area contributed by atoms with Gasteiger partial charge >= 0.3 is 0 Å². The van der Waals surface area contributed by atoms with Crippen LogP contribution < -0.4 is 10.2 Å². The van der Waals surface area contributed by atoms with Crippen molar-refractivity contribution in [2.45, 2.75) is 37.4 Å². The minimum atomic E-state index is 0.0967. The number of piperidine rings is 1. The Balaban J connectivity index is 1.44. The molecule has 1 aromatic heterocycles. The number of hydrogen-bond acceptors (Lipinski definition) is 4. The Hall–Kier alpha value is -1.95. The standard InChI is InChI=1S/C19H26N4OS/c1-3-15-5-4-6-17(13-15)23-10-7-16(8-11-23)21-18(24)14-25-19-20-9-12-22(19)2/h4-6,9,12-13,16H,3,7-8,10-11,14H2,1-2H3,(H,21,24). The van der Waals surface area contributed by atoms with Crippen molar-refractivity contribution < 1.29 is 4.79 Å². The summed E-state index contributed by atoms with van der Waals surface area (Å²) in [6, 6.07) is 9.05. The molecule has 5 nitrogen and oxygen atoms in total. The van der Waals surface area contributed by atoms with Crippen molar-refractivity contribution >= 4 is 23.4 Å². The van der Waals surface area contributed by atoms with Crippen LogP contribution in [-0.4, -0.2) is 40.3 Å². The molecule has 1 aromatic carbocycles. The van der Waals surface area contributed by atoms with Gasteiger partial charge in [0.2, 0.25) is 5.91 Å². The van der Waals surface area contributed by atoms with E-state index in [0.717, 1.165) is 37.5 Å². The fourth-order valence-corrected chi connectivity index (χ4v) is 3.89. The molecule has 0 aliphatic carbocycles. The first-order chi connectivity index (χ1) is 12.2. The molecule has 0 spiro atoms. The molecule has 6 heteroatoms. The topological polar surface area (TPSA) is 50.2 Å². The van der Waals surface area contributed by atoms with Gasteiger partial charge in [-0.25, -0.2) is 4.98 Å². The molecule has 25 heavy (non-hydrogen) atoms. The zero-order valence-corrected chi connectivity index (χ0v) is 15.8. The number of hydrogen-bond donors (Lipinski definition) is 1. The Bertz CT molecular complexity index is 707. The molecule has 0 atom stereocenters. The number of carbonyl (C=O) groups excluding carboxylic acids is 1. The first-order valence-corrected chi connectivity index (χ1v) is 9.87. The van der Waals surface area contributed by atoms with Crippen LogP contribution >= 0.6 is 11.8 Å². The van der Waals surface area contributed by atoms with Gasteiger partial charge in [-0.3, -0.25) is 4.79 Å². The Morgan fingerprint density at radius 3 is 2.84 bits per heavy atom. The van der Waals surface area contributed by atoms with Gasteiger partial charge in [-0.05, 0) is 37.0 Å². The summed E-state index contributed by atoms with van der Waals surface area (Å²) in [6.45, 7) is 4.17. The number of rotatable bonds is 6. The summed E-state index contributed by atoms with van der Waals surface area (Å²) in [4.78, 5) is 18.8. The molecule has 1 saturated heterocycles. The van der Waals surface area contributed by atoms with Crippen molar-refractivity contribution in [1.82, 2.24) is 14.9 Å². The Labute approximate surface area is 153 Å². The molecule has 0 unspecified atom stereocenters. The molecule has 1 aliphatic heterocycles. The van der Waals surface area contributed by atoms with Gasteiger partial charge in [-0.15, -0.1) is 0 Å². The lowest BCUT2D eigenvalue weighted by Crippen LogP contribution is -2.45. The van der Waals surface area contributed by atoms with Crippen molar-refractivity contribution in [2.24, 2.45) is 7.05 Å². The summed E-state index contributed by atoms with van der Waals surface area (Å²) in [5, 5.41) is 4.05. The summed E-state index contributed by atoms with van der Waals surface area (Å²) in [6.07, 6.45) is 6.70. The lowest BCUT2D eigenvalue weighted by Gasteiger charge is -2.34. The second-order valence-corrected chi connectivity index (χ2v) is 7.40. The third kappa shape index (κ3) is 4.78. The minimum absolute atomic E-state index is 0.0967. The highest BCUT2D eigenvalue weighted by molar-refractivity contribution is 7.99. The quantitative estimate of drug-likeness (QED) is 0.807. The van der Waals surface area contributed by atoms with Crippen LogP contribution in [0.5, 0.6) is 0 Å². The fourth-order valence-electron chi connectivity index (χ4n) is 3.15. The van der Waals surface area contributed by atoms with E-state index < -0.39 is 0 Å². The Kier molecular flexibility index (Phi) is 6.02. The molecule has 0 radical (unpaired) electrons. The number of benzene rings is 1. The van der Waals surface area contributed by atoms with Crippen LogP contribution in [0.1, 0.15) is 25.3 Å². The van der Waals surface area contributed by atoms with Gasteiger partial charge in [0, 0.05) is 44.3 Å². The average molecular weight is 359 g/mol. The highest BCUT2D eigenvalue weighted by Crippen LogP contribution is 2.22. The maximum Gasteiger partial charge on any atom is 0.230 e. The number of amides is 1. The number of anilines is 1. The van der Waals surface area contributed by atoms with E-state index in [0.29, 0.717) is 5.75 Å². The lowest BCUT2D eigenvalue weighted by molar-refractivity contribution is -0.119. The van der Waals surface area contributed by atoms with E-state index >= 15 is 0 Å². The van der Waals surface area contributed by atoms with E-state index in [2.05, 4.69) is 46.4 Å². The highest BCUT2D eigenvalue weighted by atomic mass is 32.2. The van der Waals surface area contributed by atoms with Gasteiger partial charge in [0.25, 0.3) is 0 Å². The predicted molar refractivity (Wildman–Crippen MR) is 103 cm³/mol. The SMILES string of the molecule is CCc1cccc(N2CCC(NC(=O)CSc3nccn3C)CC2)c1. The van der Waals surface area contributed by atoms with E-state index in [9.17, 15) is 4.79 Å². The molecule has 0 bridgehead atoms. The van der Waals surface area contributed by atoms with E-state index in [-0.39, 0.29) is 11.9 Å². The van der Waals surface area contributed by atoms with Crippen LogP contribution in [0, 0.1) is 0 Å². The maximum absolute atomic E-state index is 12.2. The molecule has 0 saturated carbocycles. The van der Waals surface area contributed by atoms with Crippen LogP contribution in [0.4, 0.5) is 5.69 Å². The first kappa shape index (κ1) is 17.9. The predicted octanol–water partition coefficient (Wildman–Crippen LogP) is 2.86. The average Bonchev–Trinajstić information content (AvgIpc) is 3.05. The second kappa shape index (κ2) is 8.43. The highest BCUT2D eigenvalue weighted by Gasteiger charge is 2.21. The van der Waals surface area contributed by atoms with Crippen LogP contribution in [0.3, 0.4) is 0 Å². The Morgan fingerprint density at radius 2 is 2.16 bits per heavy atom. The van der Waals surface area contributed by atoms with Crippen LogP contribution in [0.2, 0.25) is 0 Å². The first-order valence-electron chi connectivity index (χ1n) is 8.89. The normalized spacial score (nSPS) is 15.4. The van der Waals surface area contributed by atoms with Crippen molar-refractivity contribution in [2.75, 3.05) is 23.7 Å². The summed E-state index contributed by atoms with van der Waals surface area (Å²) < 4.78 is 1.93. The molecular weight excluding hydrogens is 332 g/mol. The lowest BCUT2D eigenvalue weighted by atomic mass is 10.0. The zero-order chi connectivity index (χ0) is 17.6.